The second-order valence-corrected chi connectivity index (χ2v) is 27.3. The fraction of sp³-hybridized carbons (Fsp3) is 0.651. The lowest BCUT2D eigenvalue weighted by atomic mass is 9.95. The Morgan fingerprint density at radius 1 is 0.747 bits per heavy atom. The van der Waals surface area contributed by atoms with Crippen LogP contribution in [0.4, 0.5) is 0 Å². The van der Waals surface area contributed by atoms with Crippen LogP contribution in [0.3, 0.4) is 0 Å². The van der Waals surface area contributed by atoms with E-state index in [-0.39, 0.29) is 98.4 Å². The second kappa shape index (κ2) is 31.5. The van der Waals surface area contributed by atoms with E-state index in [0.717, 1.165) is 34.2 Å². The van der Waals surface area contributed by atoms with Gasteiger partial charge in [-0.25, -0.2) is 39.7 Å². The summed E-state index contributed by atoms with van der Waals surface area (Å²) in [5.74, 6) is 0.879. The number of oxazole rings is 1. The summed E-state index contributed by atoms with van der Waals surface area (Å²) in [5, 5.41) is 20.3. The molecule has 1 aromatic carbocycles. The van der Waals surface area contributed by atoms with Crippen LogP contribution >= 0.6 is 23.5 Å². The number of nitrogens with zero attached hydrogens (tertiary/aromatic N) is 11. The van der Waals surface area contributed by atoms with Crippen LogP contribution in [0.15, 0.2) is 85.9 Å². The maximum atomic E-state index is 14.5. The van der Waals surface area contributed by atoms with E-state index in [9.17, 15) is 24.3 Å². The molecule has 0 radical (unpaired) electrons. The summed E-state index contributed by atoms with van der Waals surface area (Å²) in [6.45, 7) is 16.1. The summed E-state index contributed by atoms with van der Waals surface area (Å²) < 4.78 is 48.8. The number of hydrogen-bond acceptors (Lipinski definition) is 26. The number of thioether (sulfide) groups is 2. The third-order valence-electron chi connectivity index (χ3n) is 17.6. The van der Waals surface area contributed by atoms with E-state index < -0.39 is 96.6 Å². The van der Waals surface area contributed by atoms with E-state index in [2.05, 4.69) is 30.8 Å². The van der Waals surface area contributed by atoms with E-state index in [1.54, 1.807) is 61.6 Å². The van der Waals surface area contributed by atoms with E-state index in [1.807, 2.05) is 61.7 Å². The van der Waals surface area contributed by atoms with Crippen molar-refractivity contribution >= 4 is 98.6 Å². The van der Waals surface area contributed by atoms with Gasteiger partial charge in [-0.3, -0.25) is 29.4 Å². The van der Waals surface area contributed by atoms with Gasteiger partial charge in [-0.1, -0.05) is 70.9 Å². The molecule has 8 aliphatic rings. The van der Waals surface area contributed by atoms with Crippen molar-refractivity contribution in [2.45, 2.75) is 197 Å². The van der Waals surface area contributed by atoms with Gasteiger partial charge in [0, 0.05) is 24.5 Å². The molecule has 10 rings (SSSR count). The van der Waals surface area contributed by atoms with Gasteiger partial charge >= 0.3 is 5.97 Å². The Morgan fingerprint density at radius 2 is 1.41 bits per heavy atom. The van der Waals surface area contributed by atoms with Crippen LogP contribution in [-0.2, 0) is 58.8 Å². The van der Waals surface area contributed by atoms with Gasteiger partial charge in [-0.05, 0) is 72.0 Å². The third kappa shape index (κ3) is 17.1. The average molecular weight is 1360 g/mol. The molecule has 32 heteroatoms. The second-order valence-electron chi connectivity index (χ2n) is 25.2. The minimum atomic E-state index is -1.14. The molecule has 0 aliphatic carbocycles. The first kappa shape index (κ1) is 70.1. The van der Waals surface area contributed by atoms with Gasteiger partial charge in [-0.15, -0.1) is 23.5 Å². The van der Waals surface area contributed by atoms with Gasteiger partial charge in [0.1, 0.15) is 92.9 Å². The largest absolute Gasteiger partial charge is 0.480 e. The molecule has 0 bridgehead atoms. The molecule has 0 fully saturated rings. The SMILES string of the molecule is CCC(C)C(NC(=O)C1N=C(C2N=C(C3CSC(C4N=C(C5CSC(C(CCCN=C(N)N)N(C)C)=N5)OC4C)=N3)OC2C)OC1C)C(=O)NC(c1nc(C2=NC(C3=NC(C4=NC(C(N)OC(C)CC(=O)NC(Cc5ccccc5)C(=O)O)CO4)CO3)CO2)co1)C(C)CC. The van der Waals surface area contributed by atoms with Crippen molar-refractivity contribution in [1.82, 2.24) is 25.8 Å². The number of carboxylic acids is 1. The molecule has 0 saturated carbocycles. The van der Waals surface area contributed by atoms with Crippen molar-refractivity contribution in [3.63, 3.8) is 0 Å². The lowest BCUT2D eigenvalue weighted by Gasteiger charge is -2.28. The summed E-state index contributed by atoms with van der Waals surface area (Å²) in [6, 6.07) is 2.18. The number of carbonyl (C=O) groups excluding carboxylic acids is 3. The van der Waals surface area contributed by atoms with Crippen LogP contribution in [0.2, 0.25) is 0 Å². The maximum absolute atomic E-state index is 14.5. The molecule has 10 N–H and O–H groups in total. The van der Waals surface area contributed by atoms with Gasteiger partial charge < -0.3 is 80.7 Å². The lowest BCUT2D eigenvalue weighted by molar-refractivity contribution is -0.142. The number of nitrogens with two attached hydrogens (primary N) is 3. The Kier molecular flexibility index (Phi) is 23.2. The zero-order chi connectivity index (χ0) is 67.8. The van der Waals surface area contributed by atoms with E-state index in [4.69, 9.17) is 94.7 Å². The Bertz CT molecular complexity index is 3390. The van der Waals surface area contributed by atoms with Crippen LogP contribution in [0.25, 0.3) is 0 Å². The van der Waals surface area contributed by atoms with Gasteiger partial charge in [0.15, 0.2) is 35.8 Å². The van der Waals surface area contributed by atoms with Crippen molar-refractivity contribution < 1.29 is 61.9 Å². The topological polar surface area (TPSA) is 408 Å². The van der Waals surface area contributed by atoms with Gasteiger partial charge in [0.2, 0.25) is 59.0 Å². The minimum absolute atomic E-state index is 0.0904. The van der Waals surface area contributed by atoms with Crippen molar-refractivity contribution in [3.05, 3.63) is 53.7 Å². The minimum Gasteiger partial charge on any atom is -0.480 e. The number of carboxylic acid groups (broad SMARTS) is 1. The number of amides is 3. The van der Waals surface area contributed by atoms with Crippen molar-refractivity contribution in [1.29, 1.82) is 0 Å². The smallest absolute Gasteiger partial charge is 0.326 e. The Morgan fingerprint density at radius 3 is 2.13 bits per heavy atom. The monoisotopic (exact) mass is 1360 g/mol. The van der Waals surface area contributed by atoms with Crippen LogP contribution < -0.4 is 33.2 Å². The summed E-state index contributed by atoms with van der Waals surface area (Å²) in [4.78, 5) is 104. The third-order valence-corrected chi connectivity index (χ3v) is 19.9. The van der Waals surface area contributed by atoms with Crippen LogP contribution in [0.1, 0.15) is 111 Å². The number of benzene rings is 1. The summed E-state index contributed by atoms with van der Waals surface area (Å²) in [6.07, 6.45) is 1.40. The molecule has 0 spiro atoms. The zero-order valence-corrected chi connectivity index (χ0v) is 56.9. The predicted molar refractivity (Wildman–Crippen MR) is 362 cm³/mol. The summed E-state index contributed by atoms with van der Waals surface area (Å²) in [7, 11) is 4.09. The Hall–Kier alpha value is -7.68. The molecular formula is C63H89N17O13S2. The lowest BCUT2D eigenvalue weighted by Crippen LogP contribution is -2.54. The number of aromatic nitrogens is 1. The molecular weight excluding hydrogens is 1270 g/mol. The number of aliphatic imine (C=N–C) groups is 9. The highest BCUT2D eigenvalue weighted by atomic mass is 32.2. The maximum Gasteiger partial charge on any atom is 0.326 e. The van der Waals surface area contributed by atoms with Crippen molar-refractivity contribution in [3.8, 4) is 0 Å². The first-order valence-electron chi connectivity index (χ1n) is 32.5. The molecule has 30 nitrogen and oxygen atoms in total. The molecule has 9 heterocycles. The van der Waals surface area contributed by atoms with Gasteiger partial charge in [0.05, 0.1) is 28.7 Å². The van der Waals surface area contributed by atoms with Crippen LogP contribution in [-0.4, -0.2) is 239 Å². The number of ether oxygens (including phenoxy) is 7. The van der Waals surface area contributed by atoms with Gasteiger partial charge in [0.25, 0.3) is 0 Å². The molecule has 19 atom stereocenters. The first-order valence-corrected chi connectivity index (χ1v) is 34.5. The molecule has 0 saturated heterocycles. The number of carbonyl (C=O) groups is 4. The van der Waals surface area contributed by atoms with Crippen LogP contribution in [0, 0.1) is 11.8 Å². The highest BCUT2D eigenvalue weighted by Gasteiger charge is 2.47. The van der Waals surface area contributed by atoms with Gasteiger partial charge in [-0.2, -0.15) is 0 Å². The molecule has 3 amide bonds. The fourth-order valence-electron chi connectivity index (χ4n) is 11.8. The number of guanidine groups is 1. The fourth-order valence-corrected chi connectivity index (χ4v) is 14.2. The molecule has 8 aliphatic heterocycles. The highest BCUT2D eigenvalue weighted by Crippen LogP contribution is 2.35. The summed E-state index contributed by atoms with van der Waals surface area (Å²) in [5.41, 5.74) is 18.5. The van der Waals surface area contributed by atoms with E-state index in [1.165, 1.54) is 6.26 Å². The normalized spacial score (nSPS) is 28.5. The zero-order valence-electron chi connectivity index (χ0n) is 55.2. The standard InChI is InChI=1S/C63H89N17O13S2/c1-11-29(3)45(75-52(83)47-32(6)93-59(77-47)48-33(7)91-56(78-48)42-28-95-61(74-42)49-34(8)92-57(79-49)41-27-94-60(73-41)43(80(9)10)19-16-20-67-63(65)66)51(82)76-46(30(4)12-2)58-72-40(26-89-58)55-71-39(25-88-55)54-70-38(24-87-54)53-69-37(23-86-53)50(64)90-31(5)21-44(81)68-36(62(84)85)22-35-17-14-13-15-18-35/h13-15,17-18,26,29-34,36-39,41-43,45-50H,11-12,16,19-25,27-28,64H2,1-10H3,(H,68,81)(H,75,83)(H,76,82)(H,84,85)(H4,65,66,67). The highest BCUT2D eigenvalue weighted by molar-refractivity contribution is 8.14. The number of hydrogen-bond donors (Lipinski definition) is 7. The molecule has 1 aromatic heterocycles. The first-order chi connectivity index (χ1) is 45.5. The van der Waals surface area contributed by atoms with E-state index >= 15 is 0 Å². The molecule has 19 unspecified atom stereocenters. The van der Waals surface area contributed by atoms with Crippen molar-refractivity contribution in [2.75, 3.05) is 52.0 Å². The van der Waals surface area contributed by atoms with E-state index in [0.29, 0.717) is 54.4 Å². The molecule has 95 heavy (non-hydrogen) atoms. The number of rotatable bonds is 31. The van der Waals surface area contributed by atoms with Crippen LogP contribution in [0.5, 0.6) is 0 Å². The Labute approximate surface area is 560 Å². The van der Waals surface area contributed by atoms with Crippen molar-refractivity contribution in [2.24, 2.45) is 74.0 Å². The molecule has 2 aromatic rings. The predicted octanol–water partition coefficient (Wildman–Crippen LogP) is 2.61. The Balaban J connectivity index is 0.717. The number of nitrogens with one attached hydrogen (secondary N) is 3. The summed E-state index contributed by atoms with van der Waals surface area (Å²) >= 11 is 3.33. The average Bonchev–Trinajstić information content (AvgIpc) is 1.66. The number of aliphatic carboxylic acids is 1. The quantitative estimate of drug-likeness (QED) is 0.0247. The molecule has 516 valence electrons.